The van der Waals surface area contributed by atoms with Gasteiger partial charge >= 0.3 is 0 Å². The van der Waals surface area contributed by atoms with E-state index in [1.807, 2.05) is 30.3 Å². The first kappa shape index (κ1) is 15.0. The van der Waals surface area contributed by atoms with Crippen LogP contribution in [0.15, 0.2) is 47.6 Å². The highest BCUT2D eigenvalue weighted by Gasteiger charge is 2.08. The minimum atomic E-state index is 0.354. The number of hydrogen-bond acceptors (Lipinski definition) is 5. The Morgan fingerprint density at radius 3 is 2.96 bits per heavy atom. The van der Waals surface area contributed by atoms with Gasteiger partial charge in [0.1, 0.15) is 5.52 Å². The van der Waals surface area contributed by atoms with E-state index in [0.717, 1.165) is 25.6 Å². The number of aromatic amines is 1. The van der Waals surface area contributed by atoms with Crippen LogP contribution in [0, 0.1) is 10.5 Å². The van der Waals surface area contributed by atoms with E-state index >= 15 is 0 Å². The summed E-state index contributed by atoms with van der Waals surface area (Å²) in [4.78, 5) is 7.69. The third kappa shape index (κ3) is 2.94. The number of aromatic nitrogens is 4. The number of hydrogen-bond donors (Lipinski definition) is 2. The minimum Gasteiger partial charge on any atom is -0.338 e. The van der Waals surface area contributed by atoms with Gasteiger partial charge in [0.05, 0.1) is 6.21 Å². The fourth-order valence-corrected chi connectivity index (χ4v) is 3.05. The van der Waals surface area contributed by atoms with Crippen LogP contribution in [0.25, 0.3) is 22.1 Å². The number of rotatable bonds is 3. The minimum absolute atomic E-state index is 0.354. The van der Waals surface area contributed by atoms with E-state index in [2.05, 4.69) is 72.3 Å². The number of fused-ring (bicyclic) bond motifs is 3. The molecule has 0 aliphatic rings. The van der Waals surface area contributed by atoms with Gasteiger partial charge in [0.2, 0.25) is 0 Å². The number of anilines is 1. The Balaban J connectivity index is 1.62. The molecule has 0 fully saturated rings. The number of benzene rings is 2. The van der Waals surface area contributed by atoms with Gasteiger partial charge in [0.15, 0.2) is 5.65 Å². The first-order valence-corrected chi connectivity index (χ1v) is 8.44. The van der Waals surface area contributed by atoms with E-state index in [4.69, 9.17) is 0 Å². The molecule has 4 aromatic rings. The second-order valence-corrected chi connectivity index (χ2v) is 6.68. The fourth-order valence-electron chi connectivity index (χ4n) is 2.48. The number of nitrogens with zero attached hydrogens (tertiary/aromatic N) is 4. The molecule has 24 heavy (non-hydrogen) atoms. The Hall–Kier alpha value is -2.55. The summed E-state index contributed by atoms with van der Waals surface area (Å²) in [6.45, 7) is 2.05. The number of aryl methyl sites for hydroxylation is 1. The Labute approximate surface area is 151 Å². The zero-order valence-corrected chi connectivity index (χ0v) is 14.9. The summed E-state index contributed by atoms with van der Waals surface area (Å²) in [5.41, 5.74) is 7.46. The molecule has 0 spiro atoms. The molecular weight excluding hydrogens is 415 g/mol. The maximum atomic E-state index is 4.44. The molecule has 0 unspecified atom stereocenters. The molecule has 0 atom stereocenters. The summed E-state index contributed by atoms with van der Waals surface area (Å²) >= 11 is 2.27. The van der Waals surface area contributed by atoms with Crippen LogP contribution in [0.3, 0.4) is 0 Å². The predicted octanol–water partition coefficient (Wildman–Crippen LogP) is 3.87. The summed E-state index contributed by atoms with van der Waals surface area (Å²) in [5, 5.41) is 13.6. The second kappa shape index (κ2) is 6.16. The molecular formula is C17H13IN6. The van der Waals surface area contributed by atoms with Crippen molar-refractivity contribution in [3.63, 3.8) is 0 Å². The fraction of sp³-hybridized carbons (Fsp3) is 0.0588. The van der Waals surface area contributed by atoms with Crippen molar-refractivity contribution >= 4 is 56.8 Å². The average molecular weight is 428 g/mol. The highest BCUT2D eigenvalue weighted by Crippen LogP contribution is 2.23. The molecule has 0 amide bonds. The predicted molar refractivity (Wildman–Crippen MR) is 104 cm³/mol. The topological polar surface area (TPSA) is 78.9 Å². The third-order valence-electron chi connectivity index (χ3n) is 3.60. The van der Waals surface area contributed by atoms with Gasteiger partial charge in [-0.05, 0) is 59.3 Å². The molecule has 0 bridgehead atoms. The first-order chi connectivity index (χ1) is 11.7. The molecule has 2 aromatic heterocycles. The Morgan fingerprint density at radius 2 is 2.08 bits per heavy atom. The van der Waals surface area contributed by atoms with Crippen molar-refractivity contribution in [1.82, 2.24) is 20.2 Å². The average Bonchev–Trinajstić information content (AvgIpc) is 2.92. The summed E-state index contributed by atoms with van der Waals surface area (Å²) in [7, 11) is 0. The molecule has 4 rings (SSSR count). The standard InChI is InChI=1S/C17H13IN6/c1-10-5-6-14-13(7-10)15-16(20-14)21-17(24-22-15)23-19-9-11-3-2-4-12(18)8-11/h2-9H,1H3,(H2,20,21,23,24)/b19-9-. The van der Waals surface area contributed by atoms with E-state index in [1.54, 1.807) is 6.21 Å². The van der Waals surface area contributed by atoms with Crippen molar-refractivity contribution in [3.8, 4) is 0 Å². The van der Waals surface area contributed by atoms with Gasteiger partial charge in [-0.25, -0.2) is 5.43 Å². The number of H-pyrrole nitrogens is 1. The molecule has 0 radical (unpaired) electrons. The van der Waals surface area contributed by atoms with Crippen LogP contribution >= 0.6 is 22.6 Å². The van der Waals surface area contributed by atoms with Crippen molar-refractivity contribution in [3.05, 3.63) is 57.2 Å². The molecule has 2 aromatic carbocycles. The maximum Gasteiger partial charge on any atom is 0.265 e. The van der Waals surface area contributed by atoms with Gasteiger partial charge in [-0.2, -0.15) is 10.1 Å². The summed E-state index contributed by atoms with van der Waals surface area (Å²) in [5.74, 6) is 0.354. The lowest BCUT2D eigenvalue weighted by Gasteiger charge is -1.98. The first-order valence-electron chi connectivity index (χ1n) is 7.36. The van der Waals surface area contributed by atoms with Crippen LogP contribution < -0.4 is 5.43 Å². The SMILES string of the molecule is Cc1ccc2[nH]c3nc(N/N=C\c4cccc(I)c4)nnc3c2c1. The smallest absolute Gasteiger partial charge is 0.265 e. The zero-order chi connectivity index (χ0) is 16.5. The highest BCUT2D eigenvalue weighted by atomic mass is 127. The molecule has 0 aliphatic carbocycles. The highest BCUT2D eigenvalue weighted by molar-refractivity contribution is 14.1. The van der Waals surface area contributed by atoms with Crippen molar-refractivity contribution in [2.45, 2.75) is 6.92 Å². The van der Waals surface area contributed by atoms with E-state index in [0.29, 0.717) is 11.6 Å². The quantitative estimate of drug-likeness (QED) is 0.295. The van der Waals surface area contributed by atoms with Crippen LogP contribution in [0.1, 0.15) is 11.1 Å². The van der Waals surface area contributed by atoms with E-state index in [-0.39, 0.29) is 0 Å². The monoisotopic (exact) mass is 428 g/mol. The molecule has 0 aliphatic heterocycles. The maximum absolute atomic E-state index is 4.44. The summed E-state index contributed by atoms with van der Waals surface area (Å²) in [6, 6.07) is 14.2. The van der Waals surface area contributed by atoms with Crippen LogP contribution in [-0.4, -0.2) is 26.4 Å². The van der Waals surface area contributed by atoms with Gasteiger partial charge in [-0.15, -0.1) is 10.2 Å². The Morgan fingerprint density at radius 1 is 1.17 bits per heavy atom. The van der Waals surface area contributed by atoms with Crippen molar-refractivity contribution < 1.29 is 0 Å². The van der Waals surface area contributed by atoms with Gasteiger partial charge in [0, 0.05) is 14.5 Å². The normalized spacial score (nSPS) is 11.6. The number of hydrazone groups is 1. The van der Waals surface area contributed by atoms with Gasteiger partial charge in [-0.1, -0.05) is 23.8 Å². The lowest BCUT2D eigenvalue weighted by atomic mass is 10.2. The second-order valence-electron chi connectivity index (χ2n) is 5.43. The molecule has 0 saturated carbocycles. The lowest BCUT2D eigenvalue weighted by molar-refractivity contribution is 1.01. The van der Waals surface area contributed by atoms with Gasteiger partial charge in [0.25, 0.3) is 5.95 Å². The lowest BCUT2D eigenvalue weighted by Crippen LogP contribution is -1.99. The molecule has 6 nitrogen and oxygen atoms in total. The number of nitrogens with one attached hydrogen (secondary N) is 2. The van der Waals surface area contributed by atoms with Crippen molar-refractivity contribution in [2.24, 2.45) is 5.10 Å². The third-order valence-corrected chi connectivity index (χ3v) is 4.27. The summed E-state index contributed by atoms with van der Waals surface area (Å²) < 4.78 is 1.16. The Kier molecular flexibility index (Phi) is 3.85. The molecule has 2 heterocycles. The Bertz CT molecular complexity index is 1070. The van der Waals surface area contributed by atoms with Crippen LogP contribution in [0.5, 0.6) is 0 Å². The van der Waals surface area contributed by atoms with Crippen molar-refractivity contribution in [2.75, 3.05) is 5.43 Å². The van der Waals surface area contributed by atoms with Crippen LogP contribution in [0.4, 0.5) is 5.95 Å². The van der Waals surface area contributed by atoms with Crippen molar-refractivity contribution in [1.29, 1.82) is 0 Å². The molecule has 0 saturated heterocycles. The summed E-state index contributed by atoms with van der Waals surface area (Å²) in [6.07, 6.45) is 1.73. The van der Waals surface area contributed by atoms with Gasteiger partial charge < -0.3 is 4.98 Å². The van der Waals surface area contributed by atoms with E-state index in [1.165, 1.54) is 5.56 Å². The van der Waals surface area contributed by atoms with Gasteiger partial charge in [-0.3, -0.25) is 0 Å². The number of halogens is 1. The van der Waals surface area contributed by atoms with E-state index < -0.39 is 0 Å². The molecule has 7 heteroatoms. The van der Waals surface area contributed by atoms with Crippen LogP contribution in [-0.2, 0) is 0 Å². The van der Waals surface area contributed by atoms with E-state index in [9.17, 15) is 0 Å². The van der Waals surface area contributed by atoms with Crippen LogP contribution in [0.2, 0.25) is 0 Å². The molecule has 118 valence electrons. The largest absolute Gasteiger partial charge is 0.338 e. The zero-order valence-electron chi connectivity index (χ0n) is 12.8. The molecule has 2 N–H and O–H groups in total.